The summed E-state index contributed by atoms with van der Waals surface area (Å²) in [5.41, 5.74) is 7.80. The summed E-state index contributed by atoms with van der Waals surface area (Å²) in [6, 6.07) is 17.1. The first kappa shape index (κ1) is 11.9. The SMILES string of the molecule is N#Cc1c(-c2ccccc2)nn(-c2ccccn2)c1N. The van der Waals surface area contributed by atoms with Crippen molar-refractivity contribution in [1.82, 2.24) is 14.8 Å². The Morgan fingerprint density at radius 2 is 1.80 bits per heavy atom. The molecular formula is C15H11N5. The van der Waals surface area contributed by atoms with Gasteiger partial charge in [-0.3, -0.25) is 0 Å². The number of anilines is 1. The molecule has 2 N–H and O–H groups in total. The van der Waals surface area contributed by atoms with E-state index in [0.717, 1.165) is 5.56 Å². The van der Waals surface area contributed by atoms with Crippen LogP contribution in [0.3, 0.4) is 0 Å². The van der Waals surface area contributed by atoms with Crippen LogP contribution in [0.2, 0.25) is 0 Å². The molecule has 3 aromatic rings. The molecular weight excluding hydrogens is 250 g/mol. The zero-order valence-electron chi connectivity index (χ0n) is 10.6. The van der Waals surface area contributed by atoms with Gasteiger partial charge in [0.1, 0.15) is 23.1 Å². The van der Waals surface area contributed by atoms with E-state index in [9.17, 15) is 5.26 Å². The fourth-order valence-electron chi connectivity index (χ4n) is 1.99. The third-order valence-electron chi connectivity index (χ3n) is 2.95. The Morgan fingerprint density at radius 1 is 1.05 bits per heavy atom. The monoisotopic (exact) mass is 261 g/mol. The number of rotatable bonds is 2. The Hall–Kier alpha value is -3.13. The standard InChI is InChI=1S/C15H11N5/c16-10-12-14(11-6-2-1-3-7-11)19-20(15(12)17)13-8-4-5-9-18-13/h1-9H,17H2. The molecule has 0 radical (unpaired) electrons. The van der Waals surface area contributed by atoms with Crippen LogP contribution in [0, 0.1) is 11.3 Å². The molecule has 20 heavy (non-hydrogen) atoms. The summed E-state index contributed by atoms with van der Waals surface area (Å²) < 4.78 is 1.49. The number of aromatic nitrogens is 3. The van der Waals surface area contributed by atoms with Crippen LogP contribution in [-0.2, 0) is 0 Å². The Kier molecular flexibility index (Phi) is 2.90. The van der Waals surface area contributed by atoms with Crippen molar-refractivity contribution in [1.29, 1.82) is 5.26 Å². The summed E-state index contributed by atoms with van der Waals surface area (Å²) in [4.78, 5) is 4.20. The molecule has 5 heteroatoms. The molecule has 0 atom stereocenters. The topological polar surface area (TPSA) is 80.5 Å². The summed E-state index contributed by atoms with van der Waals surface area (Å²) in [7, 11) is 0. The molecule has 0 fully saturated rings. The zero-order chi connectivity index (χ0) is 13.9. The fraction of sp³-hybridized carbons (Fsp3) is 0. The minimum Gasteiger partial charge on any atom is -0.382 e. The smallest absolute Gasteiger partial charge is 0.155 e. The molecule has 0 bridgehead atoms. The van der Waals surface area contributed by atoms with Crippen molar-refractivity contribution in [3.63, 3.8) is 0 Å². The van der Waals surface area contributed by atoms with E-state index in [2.05, 4.69) is 16.2 Å². The molecule has 1 aromatic carbocycles. The van der Waals surface area contributed by atoms with E-state index >= 15 is 0 Å². The van der Waals surface area contributed by atoms with Crippen LogP contribution >= 0.6 is 0 Å². The van der Waals surface area contributed by atoms with Crippen molar-refractivity contribution < 1.29 is 0 Å². The van der Waals surface area contributed by atoms with Gasteiger partial charge in [-0.2, -0.15) is 15.0 Å². The third-order valence-corrected chi connectivity index (χ3v) is 2.95. The first-order valence-corrected chi connectivity index (χ1v) is 6.06. The van der Waals surface area contributed by atoms with E-state index in [-0.39, 0.29) is 0 Å². The van der Waals surface area contributed by atoms with Crippen LogP contribution in [0.15, 0.2) is 54.7 Å². The molecule has 0 saturated carbocycles. The van der Waals surface area contributed by atoms with Crippen molar-refractivity contribution in [2.75, 3.05) is 5.73 Å². The molecule has 0 amide bonds. The van der Waals surface area contributed by atoms with Crippen molar-refractivity contribution in [3.05, 3.63) is 60.3 Å². The average Bonchev–Trinajstić information content (AvgIpc) is 2.86. The maximum atomic E-state index is 9.32. The predicted molar refractivity (Wildman–Crippen MR) is 75.9 cm³/mol. The van der Waals surface area contributed by atoms with Gasteiger partial charge in [-0.05, 0) is 12.1 Å². The maximum absolute atomic E-state index is 9.32. The number of hydrogen-bond donors (Lipinski definition) is 1. The van der Waals surface area contributed by atoms with Gasteiger partial charge >= 0.3 is 0 Å². The highest BCUT2D eigenvalue weighted by molar-refractivity contribution is 5.73. The van der Waals surface area contributed by atoms with Gasteiger partial charge in [-0.25, -0.2) is 4.98 Å². The zero-order valence-corrected chi connectivity index (χ0v) is 10.6. The summed E-state index contributed by atoms with van der Waals surface area (Å²) >= 11 is 0. The van der Waals surface area contributed by atoms with E-state index in [1.807, 2.05) is 42.5 Å². The molecule has 2 heterocycles. The molecule has 3 rings (SSSR count). The lowest BCUT2D eigenvalue weighted by Gasteiger charge is -2.01. The quantitative estimate of drug-likeness (QED) is 0.768. The van der Waals surface area contributed by atoms with Gasteiger partial charge in [0, 0.05) is 11.8 Å². The number of nitrogen functional groups attached to an aromatic ring is 1. The van der Waals surface area contributed by atoms with Crippen molar-refractivity contribution >= 4 is 5.82 Å². The molecule has 0 aliphatic heterocycles. The third kappa shape index (κ3) is 1.89. The van der Waals surface area contributed by atoms with Crippen LogP contribution in [0.25, 0.3) is 17.1 Å². The summed E-state index contributed by atoms with van der Waals surface area (Å²) in [5, 5.41) is 13.7. The second kappa shape index (κ2) is 4.86. The lowest BCUT2D eigenvalue weighted by atomic mass is 10.1. The minimum absolute atomic E-state index is 0.296. The van der Waals surface area contributed by atoms with Crippen LogP contribution in [0.5, 0.6) is 0 Å². The normalized spacial score (nSPS) is 10.2. The molecule has 5 nitrogen and oxygen atoms in total. The van der Waals surface area contributed by atoms with Crippen LogP contribution in [-0.4, -0.2) is 14.8 Å². The fourth-order valence-corrected chi connectivity index (χ4v) is 1.99. The lowest BCUT2D eigenvalue weighted by molar-refractivity contribution is 0.860. The average molecular weight is 261 g/mol. The Bertz CT molecular complexity index is 769. The summed E-state index contributed by atoms with van der Waals surface area (Å²) in [5.74, 6) is 0.883. The number of pyridine rings is 1. The molecule has 0 aliphatic rings. The number of nitriles is 1. The largest absolute Gasteiger partial charge is 0.382 e. The van der Waals surface area contributed by atoms with Crippen molar-refractivity contribution in [2.24, 2.45) is 0 Å². The highest BCUT2D eigenvalue weighted by Crippen LogP contribution is 2.27. The number of nitrogens with zero attached hydrogens (tertiary/aromatic N) is 4. The molecule has 2 aromatic heterocycles. The van der Waals surface area contributed by atoms with Gasteiger partial charge in [0.2, 0.25) is 0 Å². The first-order valence-electron chi connectivity index (χ1n) is 6.06. The highest BCUT2D eigenvalue weighted by Gasteiger charge is 2.18. The second-order valence-electron chi connectivity index (χ2n) is 4.19. The Labute approximate surface area is 115 Å². The van der Waals surface area contributed by atoms with E-state index in [1.165, 1.54) is 4.68 Å². The molecule has 0 spiro atoms. The maximum Gasteiger partial charge on any atom is 0.155 e. The lowest BCUT2D eigenvalue weighted by Crippen LogP contribution is -2.03. The van der Waals surface area contributed by atoms with Gasteiger partial charge in [0.25, 0.3) is 0 Å². The highest BCUT2D eigenvalue weighted by atomic mass is 15.3. The van der Waals surface area contributed by atoms with Gasteiger partial charge in [-0.15, -0.1) is 0 Å². The van der Waals surface area contributed by atoms with Crippen LogP contribution in [0.4, 0.5) is 5.82 Å². The minimum atomic E-state index is 0.296. The number of nitrogens with two attached hydrogens (primary N) is 1. The Morgan fingerprint density at radius 3 is 2.45 bits per heavy atom. The second-order valence-corrected chi connectivity index (χ2v) is 4.19. The van der Waals surface area contributed by atoms with E-state index < -0.39 is 0 Å². The van der Waals surface area contributed by atoms with Gasteiger partial charge in [0.05, 0.1) is 0 Å². The molecule has 96 valence electrons. The van der Waals surface area contributed by atoms with Gasteiger partial charge in [-0.1, -0.05) is 36.4 Å². The number of hydrogen-bond acceptors (Lipinski definition) is 4. The Balaban J connectivity index is 2.22. The van der Waals surface area contributed by atoms with Crippen LogP contribution in [0.1, 0.15) is 5.56 Å². The first-order chi connectivity index (χ1) is 9.81. The summed E-state index contributed by atoms with van der Waals surface area (Å²) in [6.45, 7) is 0. The number of benzene rings is 1. The summed E-state index contributed by atoms with van der Waals surface area (Å²) in [6.07, 6.45) is 1.66. The van der Waals surface area contributed by atoms with Crippen molar-refractivity contribution in [3.8, 4) is 23.1 Å². The van der Waals surface area contributed by atoms with E-state index in [0.29, 0.717) is 22.9 Å². The van der Waals surface area contributed by atoms with E-state index in [4.69, 9.17) is 5.73 Å². The van der Waals surface area contributed by atoms with Gasteiger partial charge in [0.15, 0.2) is 5.82 Å². The van der Waals surface area contributed by atoms with Crippen molar-refractivity contribution in [2.45, 2.75) is 0 Å². The molecule has 0 saturated heterocycles. The van der Waals surface area contributed by atoms with E-state index in [1.54, 1.807) is 12.3 Å². The van der Waals surface area contributed by atoms with Gasteiger partial charge < -0.3 is 5.73 Å². The molecule has 0 unspecified atom stereocenters. The van der Waals surface area contributed by atoms with Crippen LogP contribution < -0.4 is 5.73 Å². The predicted octanol–water partition coefficient (Wildman–Crippen LogP) is 2.39. The molecule has 0 aliphatic carbocycles.